The van der Waals surface area contributed by atoms with Crippen molar-refractivity contribution >= 4 is 17.7 Å². The molecule has 0 amide bonds. The summed E-state index contributed by atoms with van der Waals surface area (Å²) in [6.07, 6.45) is 1.77. The molecule has 0 rings (SSSR count). The molecule has 3 heteroatoms. The summed E-state index contributed by atoms with van der Waals surface area (Å²) >= 11 is 1.51. The molecule has 0 heterocycles. The lowest BCUT2D eigenvalue weighted by Crippen LogP contribution is -2.06. The van der Waals surface area contributed by atoms with Crippen LogP contribution in [0.5, 0.6) is 0 Å². The molecule has 0 fully saturated rings. The Morgan fingerprint density at radius 3 is 3.00 bits per heavy atom. The van der Waals surface area contributed by atoms with Gasteiger partial charge in [-0.25, -0.2) is 0 Å². The number of hydrogen-bond acceptors (Lipinski definition) is 3. The second-order valence-corrected chi connectivity index (χ2v) is 2.64. The van der Waals surface area contributed by atoms with Crippen LogP contribution in [-0.2, 0) is 9.53 Å². The number of hydrogen-bond donors (Lipinski definition) is 0. The standard InChI is InChI=1S/C7H12O2S/c1-3-5-10-6-7(8)9-4-2/h3H,1,4-6H2,2H3. The molecule has 0 aliphatic rings. The first-order valence-corrected chi connectivity index (χ1v) is 4.31. The number of ether oxygens (including phenoxy) is 1. The Labute approximate surface area is 65.6 Å². The molecule has 0 aliphatic heterocycles. The minimum Gasteiger partial charge on any atom is -0.465 e. The van der Waals surface area contributed by atoms with Gasteiger partial charge in [0.2, 0.25) is 0 Å². The Hall–Kier alpha value is -0.440. The summed E-state index contributed by atoms with van der Waals surface area (Å²) in [7, 11) is 0. The average molecular weight is 160 g/mol. The van der Waals surface area contributed by atoms with Crippen molar-refractivity contribution in [1.82, 2.24) is 0 Å². The van der Waals surface area contributed by atoms with Crippen molar-refractivity contribution < 1.29 is 9.53 Å². The quantitative estimate of drug-likeness (QED) is 0.346. The highest BCUT2D eigenvalue weighted by Gasteiger charge is 1.98. The van der Waals surface area contributed by atoms with Crippen LogP contribution in [-0.4, -0.2) is 24.1 Å². The van der Waals surface area contributed by atoms with E-state index < -0.39 is 0 Å². The van der Waals surface area contributed by atoms with Crippen LogP contribution in [0.4, 0.5) is 0 Å². The van der Waals surface area contributed by atoms with Crippen LogP contribution in [0.1, 0.15) is 6.92 Å². The van der Waals surface area contributed by atoms with E-state index in [-0.39, 0.29) is 5.97 Å². The van der Waals surface area contributed by atoms with Crippen molar-refractivity contribution in [3.05, 3.63) is 12.7 Å². The molecule has 0 unspecified atom stereocenters. The van der Waals surface area contributed by atoms with E-state index in [4.69, 9.17) is 4.74 Å². The van der Waals surface area contributed by atoms with E-state index >= 15 is 0 Å². The van der Waals surface area contributed by atoms with Crippen molar-refractivity contribution in [2.45, 2.75) is 6.92 Å². The topological polar surface area (TPSA) is 26.3 Å². The summed E-state index contributed by atoms with van der Waals surface area (Å²) in [5.41, 5.74) is 0. The minimum atomic E-state index is -0.144. The van der Waals surface area contributed by atoms with Crippen molar-refractivity contribution in [3.8, 4) is 0 Å². The molecule has 0 spiro atoms. The second-order valence-electron chi connectivity index (χ2n) is 1.61. The molecule has 10 heavy (non-hydrogen) atoms. The first-order valence-electron chi connectivity index (χ1n) is 3.15. The maximum Gasteiger partial charge on any atom is 0.315 e. The van der Waals surface area contributed by atoms with Crippen molar-refractivity contribution in [1.29, 1.82) is 0 Å². The van der Waals surface area contributed by atoms with Gasteiger partial charge in [-0.1, -0.05) is 6.08 Å². The maximum atomic E-state index is 10.6. The van der Waals surface area contributed by atoms with Crippen molar-refractivity contribution in [3.63, 3.8) is 0 Å². The van der Waals surface area contributed by atoms with E-state index in [1.165, 1.54) is 11.8 Å². The Kier molecular flexibility index (Phi) is 6.38. The average Bonchev–Trinajstić information content (AvgIpc) is 1.89. The van der Waals surface area contributed by atoms with Crippen molar-refractivity contribution in [2.24, 2.45) is 0 Å². The lowest BCUT2D eigenvalue weighted by molar-refractivity contribution is -0.139. The van der Waals surface area contributed by atoms with Gasteiger partial charge in [-0.05, 0) is 6.92 Å². The monoisotopic (exact) mass is 160 g/mol. The zero-order chi connectivity index (χ0) is 7.82. The van der Waals surface area contributed by atoms with E-state index in [0.717, 1.165) is 5.75 Å². The van der Waals surface area contributed by atoms with Gasteiger partial charge in [0.1, 0.15) is 0 Å². The van der Waals surface area contributed by atoms with Gasteiger partial charge in [-0.3, -0.25) is 4.79 Å². The highest BCUT2D eigenvalue weighted by molar-refractivity contribution is 8.00. The molecule has 0 bridgehead atoms. The van der Waals surface area contributed by atoms with Crippen molar-refractivity contribution in [2.75, 3.05) is 18.1 Å². The first-order chi connectivity index (χ1) is 4.81. The van der Waals surface area contributed by atoms with E-state index in [1.807, 2.05) is 0 Å². The summed E-state index contributed by atoms with van der Waals surface area (Å²) in [4.78, 5) is 10.6. The summed E-state index contributed by atoms with van der Waals surface area (Å²) in [5.74, 6) is 1.09. The molecule has 0 saturated heterocycles. The minimum absolute atomic E-state index is 0.144. The number of carbonyl (C=O) groups is 1. The van der Waals surface area contributed by atoms with Crippen LogP contribution in [0.15, 0.2) is 12.7 Å². The molecular weight excluding hydrogens is 148 g/mol. The Morgan fingerprint density at radius 2 is 2.50 bits per heavy atom. The molecule has 0 aromatic carbocycles. The predicted octanol–water partition coefficient (Wildman–Crippen LogP) is 1.47. The van der Waals surface area contributed by atoms with Crippen LogP contribution in [0.3, 0.4) is 0 Å². The van der Waals surface area contributed by atoms with Crippen LogP contribution >= 0.6 is 11.8 Å². The van der Waals surface area contributed by atoms with Crippen LogP contribution in [0.25, 0.3) is 0 Å². The number of carbonyl (C=O) groups excluding carboxylic acids is 1. The lowest BCUT2D eigenvalue weighted by Gasteiger charge is -1.98. The molecule has 58 valence electrons. The van der Waals surface area contributed by atoms with E-state index in [1.54, 1.807) is 13.0 Å². The van der Waals surface area contributed by atoms with Gasteiger partial charge in [-0.15, -0.1) is 18.3 Å². The fraction of sp³-hybridized carbons (Fsp3) is 0.571. The van der Waals surface area contributed by atoms with Gasteiger partial charge < -0.3 is 4.74 Å². The van der Waals surface area contributed by atoms with Gasteiger partial charge in [0.25, 0.3) is 0 Å². The van der Waals surface area contributed by atoms with Gasteiger partial charge in [-0.2, -0.15) is 0 Å². The highest BCUT2D eigenvalue weighted by atomic mass is 32.2. The molecule has 2 nitrogen and oxygen atoms in total. The fourth-order valence-corrected chi connectivity index (χ4v) is 0.963. The summed E-state index contributed by atoms with van der Waals surface area (Å²) in [6.45, 7) is 5.80. The van der Waals surface area contributed by atoms with Gasteiger partial charge >= 0.3 is 5.97 Å². The zero-order valence-corrected chi connectivity index (χ0v) is 6.95. The summed E-state index contributed by atoms with van der Waals surface area (Å²) in [6, 6.07) is 0. The van der Waals surface area contributed by atoms with E-state index in [9.17, 15) is 4.79 Å². The Bertz CT molecular complexity index is 112. The third-order valence-corrected chi connectivity index (χ3v) is 1.67. The van der Waals surface area contributed by atoms with E-state index in [2.05, 4.69) is 6.58 Å². The molecule has 0 aliphatic carbocycles. The van der Waals surface area contributed by atoms with Crippen LogP contribution < -0.4 is 0 Å². The molecule has 0 aromatic rings. The summed E-state index contributed by atoms with van der Waals surface area (Å²) < 4.78 is 4.69. The third kappa shape index (κ3) is 5.69. The lowest BCUT2D eigenvalue weighted by atomic mass is 10.7. The number of rotatable bonds is 5. The molecule has 0 radical (unpaired) electrons. The van der Waals surface area contributed by atoms with Crippen LogP contribution in [0.2, 0.25) is 0 Å². The summed E-state index contributed by atoms with van der Waals surface area (Å²) in [5, 5.41) is 0. The van der Waals surface area contributed by atoms with E-state index in [0.29, 0.717) is 12.4 Å². The van der Waals surface area contributed by atoms with Gasteiger partial charge in [0, 0.05) is 5.75 Å². The zero-order valence-electron chi connectivity index (χ0n) is 6.13. The van der Waals surface area contributed by atoms with Crippen LogP contribution in [0, 0.1) is 0 Å². The predicted molar refractivity (Wildman–Crippen MR) is 44.2 cm³/mol. The fourth-order valence-electron chi connectivity index (χ4n) is 0.428. The number of thioether (sulfide) groups is 1. The molecule has 0 aromatic heterocycles. The van der Waals surface area contributed by atoms with Gasteiger partial charge in [0.05, 0.1) is 12.4 Å². The Balaban J connectivity index is 3.13. The number of esters is 1. The highest BCUT2D eigenvalue weighted by Crippen LogP contribution is 1.99. The molecule has 0 N–H and O–H groups in total. The normalized spacial score (nSPS) is 8.90. The van der Waals surface area contributed by atoms with Gasteiger partial charge in [0.15, 0.2) is 0 Å². The first kappa shape index (κ1) is 9.56. The largest absolute Gasteiger partial charge is 0.465 e. The molecule has 0 atom stereocenters. The molecule has 0 saturated carbocycles. The smallest absolute Gasteiger partial charge is 0.315 e. The SMILES string of the molecule is C=CCSCC(=O)OCC. The molecular formula is C7H12O2S. The third-order valence-electron chi connectivity index (χ3n) is 0.761. The maximum absolute atomic E-state index is 10.6. The second kappa shape index (κ2) is 6.68. The Morgan fingerprint density at radius 1 is 1.80 bits per heavy atom.